The normalized spacial score (nSPS) is 11.3. The molecule has 0 fully saturated rings. The number of nitrogens with zero attached hydrogens (tertiary/aromatic N) is 1. The van der Waals surface area contributed by atoms with Crippen LogP contribution >= 0.6 is 0 Å². The Morgan fingerprint density at radius 2 is 2.00 bits per heavy atom. The number of nitrogens with one attached hydrogen (secondary N) is 1. The van der Waals surface area contributed by atoms with Gasteiger partial charge in [0.05, 0.1) is 24.3 Å². The van der Waals surface area contributed by atoms with Crippen molar-refractivity contribution in [1.29, 1.82) is 5.26 Å². The van der Waals surface area contributed by atoms with E-state index in [1.807, 2.05) is 31.2 Å². The van der Waals surface area contributed by atoms with Gasteiger partial charge in [-0.05, 0) is 42.8 Å². The number of anilines is 1. The number of benzene rings is 2. The van der Waals surface area contributed by atoms with Crippen LogP contribution in [0.2, 0.25) is 0 Å². The van der Waals surface area contributed by atoms with Gasteiger partial charge in [-0.15, -0.1) is 0 Å². The number of ether oxygens (including phenoxy) is 1. The zero-order valence-corrected chi connectivity index (χ0v) is 12.0. The van der Waals surface area contributed by atoms with Crippen LogP contribution in [0.1, 0.15) is 34.5 Å². The molecular formula is C17H16N2O2. The lowest BCUT2D eigenvalue weighted by Crippen LogP contribution is -2.08. The summed E-state index contributed by atoms with van der Waals surface area (Å²) < 4.78 is 4.71. The van der Waals surface area contributed by atoms with E-state index in [0.29, 0.717) is 11.1 Å². The molecule has 0 aromatic heterocycles. The standard InChI is InChI=1S/C17H16N2O2/c1-12(14-6-3-5-13(9-14)11-18)19-16-8-4-7-15(10-16)17(20)21-2/h3-10,12,19H,1-2H3. The molecule has 0 aliphatic rings. The van der Waals surface area contributed by atoms with E-state index in [2.05, 4.69) is 11.4 Å². The Balaban J connectivity index is 2.17. The third-order valence-corrected chi connectivity index (χ3v) is 3.18. The predicted octanol–water partition coefficient (Wildman–Crippen LogP) is 3.52. The molecule has 2 aromatic rings. The number of methoxy groups -OCH3 is 1. The van der Waals surface area contributed by atoms with Gasteiger partial charge in [-0.2, -0.15) is 5.26 Å². The minimum Gasteiger partial charge on any atom is -0.465 e. The molecule has 2 rings (SSSR count). The van der Waals surface area contributed by atoms with Crippen molar-refractivity contribution in [3.05, 3.63) is 65.2 Å². The molecule has 1 unspecified atom stereocenters. The summed E-state index contributed by atoms with van der Waals surface area (Å²) in [4.78, 5) is 11.5. The Labute approximate surface area is 124 Å². The second kappa shape index (κ2) is 6.58. The number of carbonyl (C=O) groups excluding carboxylic acids is 1. The molecule has 0 spiro atoms. The van der Waals surface area contributed by atoms with Gasteiger partial charge in [-0.3, -0.25) is 0 Å². The van der Waals surface area contributed by atoms with Gasteiger partial charge < -0.3 is 10.1 Å². The molecule has 4 nitrogen and oxygen atoms in total. The van der Waals surface area contributed by atoms with E-state index in [1.54, 1.807) is 24.3 Å². The molecule has 1 atom stereocenters. The molecule has 106 valence electrons. The van der Waals surface area contributed by atoms with E-state index in [1.165, 1.54) is 7.11 Å². The van der Waals surface area contributed by atoms with Crippen molar-refractivity contribution >= 4 is 11.7 Å². The fraction of sp³-hybridized carbons (Fsp3) is 0.176. The van der Waals surface area contributed by atoms with Crippen molar-refractivity contribution in [2.24, 2.45) is 0 Å². The Kier molecular flexibility index (Phi) is 4.57. The van der Waals surface area contributed by atoms with Crippen LogP contribution in [-0.2, 0) is 4.74 Å². The minimum atomic E-state index is -0.363. The van der Waals surface area contributed by atoms with Gasteiger partial charge in [-0.25, -0.2) is 4.79 Å². The van der Waals surface area contributed by atoms with Gasteiger partial charge in [-0.1, -0.05) is 18.2 Å². The second-order valence-electron chi connectivity index (χ2n) is 4.68. The molecule has 0 heterocycles. The molecule has 0 amide bonds. The number of esters is 1. The molecule has 0 radical (unpaired) electrons. The van der Waals surface area contributed by atoms with Gasteiger partial charge in [0.25, 0.3) is 0 Å². The van der Waals surface area contributed by atoms with Crippen LogP contribution in [0.5, 0.6) is 0 Å². The maximum absolute atomic E-state index is 11.5. The summed E-state index contributed by atoms with van der Waals surface area (Å²) in [6, 6.07) is 16.7. The smallest absolute Gasteiger partial charge is 0.337 e. The third-order valence-electron chi connectivity index (χ3n) is 3.18. The van der Waals surface area contributed by atoms with Crippen LogP contribution in [0.15, 0.2) is 48.5 Å². The van der Waals surface area contributed by atoms with Gasteiger partial charge >= 0.3 is 5.97 Å². The van der Waals surface area contributed by atoms with E-state index >= 15 is 0 Å². The van der Waals surface area contributed by atoms with Crippen molar-refractivity contribution in [2.75, 3.05) is 12.4 Å². The number of carbonyl (C=O) groups is 1. The third kappa shape index (κ3) is 3.61. The first-order valence-electron chi connectivity index (χ1n) is 6.59. The quantitative estimate of drug-likeness (QED) is 0.870. The molecule has 4 heteroatoms. The van der Waals surface area contributed by atoms with E-state index in [9.17, 15) is 4.79 Å². The first-order chi connectivity index (χ1) is 10.1. The molecule has 0 saturated heterocycles. The van der Waals surface area contributed by atoms with E-state index in [-0.39, 0.29) is 12.0 Å². The lowest BCUT2D eigenvalue weighted by molar-refractivity contribution is 0.0601. The Morgan fingerprint density at radius 3 is 2.71 bits per heavy atom. The van der Waals surface area contributed by atoms with Gasteiger partial charge in [0.2, 0.25) is 0 Å². The van der Waals surface area contributed by atoms with Gasteiger partial charge in [0, 0.05) is 11.7 Å². The molecule has 0 aliphatic heterocycles. The molecule has 0 bridgehead atoms. The number of hydrogen-bond donors (Lipinski definition) is 1. The highest BCUT2D eigenvalue weighted by atomic mass is 16.5. The average molecular weight is 280 g/mol. The number of hydrogen-bond acceptors (Lipinski definition) is 4. The topological polar surface area (TPSA) is 62.1 Å². The Morgan fingerprint density at radius 1 is 1.24 bits per heavy atom. The minimum absolute atomic E-state index is 0.0196. The van der Waals surface area contributed by atoms with Crippen molar-refractivity contribution in [3.8, 4) is 6.07 Å². The van der Waals surface area contributed by atoms with Crippen molar-refractivity contribution < 1.29 is 9.53 Å². The molecular weight excluding hydrogens is 264 g/mol. The summed E-state index contributed by atoms with van der Waals surface area (Å²) in [7, 11) is 1.36. The van der Waals surface area contributed by atoms with Crippen LogP contribution in [0, 0.1) is 11.3 Å². The highest BCUT2D eigenvalue weighted by Gasteiger charge is 2.09. The van der Waals surface area contributed by atoms with Gasteiger partial charge in [0.1, 0.15) is 0 Å². The zero-order valence-electron chi connectivity index (χ0n) is 12.0. The SMILES string of the molecule is COC(=O)c1cccc(NC(C)c2cccc(C#N)c2)c1. The maximum Gasteiger partial charge on any atom is 0.337 e. The summed E-state index contributed by atoms with van der Waals surface area (Å²) in [5, 5.41) is 12.2. The highest BCUT2D eigenvalue weighted by molar-refractivity contribution is 5.90. The van der Waals surface area contributed by atoms with E-state index in [0.717, 1.165) is 11.3 Å². The van der Waals surface area contributed by atoms with Crippen LogP contribution in [-0.4, -0.2) is 13.1 Å². The molecule has 0 saturated carbocycles. The summed E-state index contributed by atoms with van der Waals surface area (Å²) in [6.07, 6.45) is 0. The molecule has 1 N–H and O–H groups in total. The number of nitriles is 1. The maximum atomic E-state index is 11.5. The number of rotatable bonds is 4. The Bertz CT molecular complexity index is 689. The molecule has 2 aromatic carbocycles. The van der Waals surface area contributed by atoms with Crippen molar-refractivity contribution in [2.45, 2.75) is 13.0 Å². The summed E-state index contributed by atoms with van der Waals surface area (Å²) >= 11 is 0. The average Bonchev–Trinajstić information content (AvgIpc) is 2.54. The predicted molar refractivity (Wildman–Crippen MR) is 81.0 cm³/mol. The van der Waals surface area contributed by atoms with Crippen LogP contribution in [0.25, 0.3) is 0 Å². The van der Waals surface area contributed by atoms with Gasteiger partial charge in [0.15, 0.2) is 0 Å². The van der Waals surface area contributed by atoms with Crippen molar-refractivity contribution in [1.82, 2.24) is 0 Å². The monoisotopic (exact) mass is 280 g/mol. The molecule has 0 aliphatic carbocycles. The first kappa shape index (κ1) is 14.6. The van der Waals surface area contributed by atoms with Crippen LogP contribution < -0.4 is 5.32 Å². The van der Waals surface area contributed by atoms with E-state index in [4.69, 9.17) is 10.00 Å². The Hall–Kier alpha value is -2.80. The molecule has 21 heavy (non-hydrogen) atoms. The first-order valence-corrected chi connectivity index (χ1v) is 6.59. The lowest BCUT2D eigenvalue weighted by Gasteiger charge is -2.16. The van der Waals surface area contributed by atoms with E-state index < -0.39 is 0 Å². The summed E-state index contributed by atoms with van der Waals surface area (Å²) in [5.74, 6) is -0.363. The fourth-order valence-electron chi connectivity index (χ4n) is 2.06. The largest absolute Gasteiger partial charge is 0.465 e. The van der Waals surface area contributed by atoms with Crippen molar-refractivity contribution in [3.63, 3.8) is 0 Å². The van der Waals surface area contributed by atoms with Crippen LogP contribution in [0.3, 0.4) is 0 Å². The van der Waals surface area contributed by atoms with Crippen LogP contribution in [0.4, 0.5) is 5.69 Å². The summed E-state index contributed by atoms with van der Waals surface area (Å²) in [5.41, 5.74) is 2.97. The summed E-state index contributed by atoms with van der Waals surface area (Å²) in [6.45, 7) is 2.00. The zero-order chi connectivity index (χ0) is 15.2. The fourth-order valence-corrected chi connectivity index (χ4v) is 2.06. The lowest BCUT2D eigenvalue weighted by atomic mass is 10.1. The second-order valence-corrected chi connectivity index (χ2v) is 4.68. The highest BCUT2D eigenvalue weighted by Crippen LogP contribution is 2.21.